The van der Waals surface area contributed by atoms with Crippen LogP contribution in [0.1, 0.15) is 80.7 Å². The van der Waals surface area contributed by atoms with Gasteiger partial charge in [0, 0.05) is 64.0 Å². The SMILES string of the molecule is CCn1nc(C)cc1C(=O)Nc1nc2cc(C(N)=O)cnc2n1C/C=C/Cn1c(NC)nc2cc(C(N)=O)cc(OCCCN3CCC(c4nnc5n4CCNC5)CC3)c21. The van der Waals surface area contributed by atoms with E-state index in [-0.39, 0.29) is 24.0 Å². The van der Waals surface area contributed by atoms with E-state index in [9.17, 15) is 14.4 Å². The van der Waals surface area contributed by atoms with Crippen LogP contribution in [-0.4, -0.2) is 111 Å². The number of carbonyl (C=O) groups is 3. The summed E-state index contributed by atoms with van der Waals surface area (Å²) in [5.41, 5.74) is 15.0. The summed E-state index contributed by atoms with van der Waals surface area (Å²) in [6, 6.07) is 6.61. The van der Waals surface area contributed by atoms with Crippen LogP contribution in [0.25, 0.3) is 22.2 Å². The Balaban J connectivity index is 0.967. The van der Waals surface area contributed by atoms with Gasteiger partial charge in [0.05, 0.1) is 29.9 Å². The molecule has 3 amide bonds. The van der Waals surface area contributed by atoms with Gasteiger partial charge in [0.2, 0.25) is 23.7 Å². The van der Waals surface area contributed by atoms with Gasteiger partial charge in [-0.05, 0) is 70.5 Å². The van der Waals surface area contributed by atoms with Crippen LogP contribution in [-0.2, 0) is 32.7 Å². The van der Waals surface area contributed by atoms with Gasteiger partial charge in [0.1, 0.15) is 34.1 Å². The molecule has 20 nitrogen and oxygen atoms in total. The molecule has 7 heterocycles. The largest absolute Gasteiger partial charge is 0.491 e. The number of rotatable bonds is 16. The first-order valence-corrected chi connectivity index (χ1v) is 20.3. The van der Waals surface area contributed by atoms with Crippen molar-refractivity contribution in [1.29, 1.82) is 0 Å². The minimum atomic E-state index is -0.637. The number of nitrogens with zero attached hydrogens (tertiary/aromatic N) is 11. The number of amides is 3. The van der Waals surface area contributed by atoms with E-state index in [4.69, 9.17) is 21.2 Å². The highest BCUT2D eigenvalue weighted by atomic mass is 16.5. The van der Waals surface area contributed by atoms with Crippen molar-refractivity contribution in [2.45, 2.75) is 71.8 Å². The van der Waals surface area contributed by atoms with Crippen LogP contribution in [0.3, 0.4) is 0 Å². The number of aryl methyl sites for hydroxylation is 2. The lowest BCUT2D eigenvalue weighted by atomic mass is 9.95. The van der Waals surface area contributed by atoms with Gasteiger partial charge in [-0.1, -0.05) is 12.2 Å². The number of likely N-dealkylation sites (tertiary alicyclic amines) is 1. The van der Waals surface area contributed by atoms with Crippen molar-refractivity contribution >= 4 is 51.8 Å². The molecule has 0 atom stereocenters. The Kier molecular flexibility index (Phi) is 11.6. The Morgan fingerprint density at radius 2 is 1.70 bits per heavy atom. The molecule has 1 fully saturated rings. The van der Waals surface area contributed by atoms with Gasteiger partial charge in [-0.25, -0.2) is 15.0 Å². The van der Waals surface area contributed by atoms with E-state index in [2.05, 4.69) is 50.7 Å². The molecule has 7 N–H and O–H groups in total. The second-order valence-corrected chi connectivity index (χ2v) is 15.0. The molecule has 0 saturated carbocycles. The number of carbonyl (C=O) groups excluding carboxylic acids is 3. The molecular formula is C40H50N16O4. The van der Waals surface area contributed by atoms with Gasteiger partial charge in [-0.2, -0.15) is 5.10 Å². The predicted octanol–water partition coefficient (Wildman–Crippen LogP) is 2.40. The van der Waals surface area contributed by atoms with Gasteiger partial charge in [0.15, 0.2) is 5.65 Å². The number of ether oxygens (including phenoxy) is 1. The zero-order chi connectivity index (χ0) is 41.9. The minimum Gasteiger partial charge on any atom is -0.491 e. The summed E-state index contributed by atoms with van der Waals surface area (Å²) in [5.74, 6) is 2.28. The Labute approximate surface area is 345 Å². The van der Waals surface area contributed by atoms with Crippen molar-refractivity contribution in [2.24, 2.45) is 11.5 Å². The van der Waals surface area contributed by atoms with Crippen molar-refractivity contribution in [3.63, 3.8) is 0 Å². The normalized spacial score (nSPS) is 14.9. The molecule has 0 bridgehead atoms. The molecule has 0 aliphatic carbocycles. The number of pyridine rings is 1. The fourth-order valence-electron chi connectivity index (χ4n) is 8.06. The standard InChI is InChI=1S/C40H50N16O4/c1-4-56-30(18-24(2)51-56)38(59)48-40-47-29-20-27(35(42)58)22-45-37(29)55(40)13-6-5-12-54-33-28(46-39(54)43-3)19-26(34(41)57)21-31(33)60-17-7-11-52-14-8-25(9-15-52)36-50-49-32-23-44-10-16-53(32)36/h5-6,18-22,25,44H,4,7-17,23H2,1-3H3,(H2,41,57)(H2,42,58)(H,43,46)(H,47,48,59)/b6-5+. The van der Waals surface area contributed by atoms with Crippen molar-refractivity contribution in [3.8, 4) is 5.75 Å². The molecule has 314 valence electrons. The van der Waals surface area contributed by atoms with Crippen molar-refractivity contribution in [3.05, 3.63) is 76.8 Å². The number of imidazole rings is 2. The zero-order valence-corrected chi connectivity index (χ0v) is 34.0. The molecule has 1 aromatic carbocycles. The Morgan fingerprint density at radius 3 is 2.45 bits per heavy atom. The highest BCUT2D eigenvalue weighted by molar-refractivity contribution is 6.03. The third-order valence-electron chi connectivity index (χ3n) is 11.1. The average Bonchev–Trinajstić information content (AvgIpc) is 4.03. The van der Waals surface area contributed by atoms with Gasteiger partial charge in [-0.15, -0.1) is 10.2 Å². The first-order chi connectivity index (χ1) is 29.1. The summed E-state index contributed by atoms with van der Waals surface area (Å²) < 4.78 is 14.0. The number of nitrogens with one attached hydrogen (secondary N) is 3. The molecule has 60 heavy (non-hydrogen) atoms. The minimum absolute atomic E-state index is 0.198. The summed E-state index contributed by atoms with van der Waals surface area (Å²) in [4.78, 5) is 54.1. The number of fused-ring (bicyclic) bond motifs is 3. The lowest BCUT2D eigenvalue weighted by Crippen LogP contribution is -2.36. The van der Waals surface area contributed by atoms with E-state index in [1.165, 1.54) is 6.20 Å². The smallest absolute Gasteiger partial charge is 0.276 e. The van der Waals surface area contributed by atoms with Crippen LogP contribution in [0, 0.1) is 6.92 Å². The number of nitrogens with two attached hydrogens (primary N) is 2. The Hall–Kier alpha value is -6.67. The maximum absolute atomic E-state index is 13.5. The Bertz CT molecular complexity index is 2590. The molecule has 0 radical (unpaired) electrons. The molecule has 1 saturated heterocycles. The predicted molar refractivity (Wildman–Crippen MR) is 224 cm³/mol. The third kappa shape index (κ3) is 8.15. The van der Waals surface area contributed by atoms with Crippen LogP contribution >= 0.6 is 0 Å². The van der Waals surface area contributed by atoms with E-state index >= 15 is 0 Å². The number of benzene rings is 1. The van der Waals surface area contributed by atoms with E-state index in [0.717, 1.165) is 70.2 Å². The highest BCUT2D eigenvalue weighted by Gasteiger charge is 2.27. The number of hydrogen-bond acceptors (Lipinski definition) is 13. The maximum atomic E-state index is 13.5. The lowest BCUT2D eigenvalue weighted by molar-refractivity contribution is 0.0991. The molecule has 8 rings (SSSR count). The summed E-state index contributed by atoms with van der Waals surface area (Å²) >= 11 is 0. The number of allylic oxidation sites excluding steroid dienone is 2. The third-order valence-corrected chi connectivity index (χ3v) is 11.1. The van der Waals surface area contributed by atoms with E-state index in [1.807, 2.05) is 30.6 Å². The summed E-state index contributed by atoms with van der Waals surface area (Å²) in [6.07, 6.45) is 8.13. The van der Waals surface area contributed by atoms with Crippen molar-refractivity contribution < 1.29 is 19.1 Å². The van der Waals surface area contributed by atoms with Crippen LogP contribution in [0.15, 0.2) is 42.6 Å². The van der Waals surface area contributed by atoms with Gasteiger partial charge >= 0.3 is 0 Å². The average molecular weight is 819 g/mol. The molecule has 2 aliphatic heterocycles. The van der Waals surface area contributed by atoms with E-state index in [1.54, 1.807) is 40.6 Å². The summed E-state index contributed by atoms with van der Waals surface area (Å²) in [5, 5.41) is 22.8. The second kappa shape index (κ2) is 17.3. The number of aromatic nitrogens is 10. The fraction of sp³-hybridized carbons (Fsp3) is 0.425. The lowest BCUT2D eigenvalue weighted by Gasteiger charge is -2.32. The van der Waals surface area contributed by atoms with Gasteiger partial charge < -0.3 is 40.9 Å². The van der Waals surface area contributed by atoms with Crippen LogP contribution in [0.5, 0.6) is 5.75 Å². The van der Waals surface area contributed by atoms with Gasteiger partial charge in [0.25, 0.3) is 5.91 Å². The number of anilines is 2. The number of piperidine rings is 1. The topological polar surface area (TPSA) is 249 Å². The second-order valence-electron chi connectivity index (χ2n) is 15.0. The molecule has 0 unspecified atom stereocenters. The van der Waals surface area contributed by atoms with Crippen molar-refractivity contribution in [1.82, 2.24) is 58.8 Å². The highest BCUT2D eigenvalue weighted by Crippen LogP contribution is 2.32. The molecule has 6 aromatic rings. The molecule has 0 spiro atoms. The summed E-state index contributed by atoms with van der Waals surface area (Å²) in [6.45, 7) is 10.8. The molecule has 5 aromatic heterocycles. The number of primary amides is 2. The Morgan fingerprint density at radius 1 is 0.950 bits per heavy atom. The van der Waals surface area contributed by atoms with E-state index in [0.29, 0.717) is 76.5 Å². The summed E-state index contributed by atoms with van der Waals surface area (Å²) in [7, 11) is 1.78. The van der Waals surface area contributed by atoms with Gasteiger partial charge in [-0.3, -0.25) is 28.9 Å². The van der Waals surface area contributed by atoms with Crippen LogP contribution < -0.4 is 32.2 Å². The first kappa shape index (κ1) is 40.1. The zero-order valence-electron chi connectivity index (χ0n) is 34.0. The van der Waals surface area contributed by atoms with Crippen molar-refractivity contribution in [2.75, 3.05) is 50.5 Å². The quantitative estimate of drug-likeness (QED) is 0.0696. The van der Waals surface area contributed by atoms with Crippen LogP contribution in [0.4, 0.5) is 11.9 Å². The van der Waals surface area contributed by atoms with E-state index < -0.39 is 11.8 Å². The fourth-order valence-corrected chi connectivity index (χ4v) is 8.06. The monoisotopic (exact) mass is 818 g/mol. The number of hydrogen-bond donors (Lipinski definition) is 5. The molecular weight excluding hydrogens is 769 g/mol. The molecule has 2 aliphatic rings. The van der Waals surface area contributed by atoms with Crippen LogP contribution in [0.2, 0.25) is 0 Å². The first-order valence-electron chi connectivity index (χ1n) is 20.3. The molecule has 20 heteroatoms. The maximum Gasteiger partial charge on any atom is 0.276 e.